The molecule has 0 unspecified atom stereocenters. The molecule has 10 nitrogen and oxygen atoms in total. The topological polar surface area (TPSA) is 219 Å². The van der Waals surface area contributed by atoms with E-state index in [1.807, 2.05) is 0 Å². The average Bonchev–Trinajstić information content (AvgIpc) is 1.12. The molecule has 10 N–H and O–H groups in total. The summed E-state index contributed by atoms with van der Waals surface area (Å²) in [6, 6.07) is 0. The molecule has 17 heteroatoms. The summed E-state index contributed by atoms with van der Waals surface area (Å²) in [5, 5.41) is 0. The number of rotatable bonds is 0. The molecule has 0 spiro atoms. The average molecular weight is 418 g/mol. The zero-order chi connectivity index (χ0) is 9.00. The maximum atomic E-state index is 8.74. The normalized spacial score (nSPS) is 6.94. The Balaban J connectivity index is -0.00000000762. The molecule has 0 aromatic carbocycles. The molecule has 0 bridgehead atoms. The first-order valence-electron chi connectivity index (χ1n) is 1.59. The van der Waals surface area contributed by atoms with Gasteiger partial charge in [0.05, 0.1) is 0 Å². The van der Waals surface area contributed by atoms with E-state index in [9.17, 15) is 0 Å². The van der Waals surface area contributed by atoms with Gasteiger partial charge in [0.2, 0.25) is 0 Å². The SMILES string of the molecule is O.O.O=S(=O)(O)O.O[Si](O)(O)O.[AlH3].[CaH2].[MgH2].[NaH].[Zn]. The van der Waals surface area contributed by atoms with Crippen LogP contribution in [-0.4, -0.2) is 164 Å². The van der Waals surface area contributed by atoms with Gasteiger partial charge in [-0.25, -0.2) is 0 Å². The van der Waals surface area contributed by atoms with Gasteiger partial charge in [0, 0.05) is 19.5 Å². The van der Waals surface area contributed by atoms with Crippen LogP contribution >= 0.6 is 0 Å². The van der Waals surface area contributed by atoms with E-state index >= 15 is 0 Å². The molecule has 0 radical (unpaired) electrons. The molecule has 0 aliphatic heterocycles. The van der Waals surface area contributed by atoms with Crippen LogP contribution in [0.15, 0.2) is 0 Å². The minimum Gasteiger partial charge on any atom is 0 e. The van der Waals surface area contributed by atoms with E-state index < -0.39 is 19.4 Å². The maximum Gasteiger partial charge on any atom is 0 e. The standard InChI is InChI=1S/Al.Ca.Mg.Na.H2O4S.H4O4Si.2H2O.Zn.8H/c;;;;2*1-5(2,3)4;;;;;;;;;;;/h;;;;(H2,1,2,3,4);1-4H;2*1H2;;;;;;;;;. The van der Waals surface area contributed by atoms with Crippen LogP contribution in [0.3, 0.4) is 0 Å². The van der Waals surface area contributed by atoms with Crippen molar-refractivity contribution in [2.45, 2.75) is 0 Å². The molecule has 0 aliphatic rings. The minimum absolute atomic E-state index is 0. The van der Waals surface area contributed by atoms with Gasteiger partial charge in [-0.3, -0.25) is 9.11 Å². The van der Waals surface area contributed by atoms with E-state index in [1.165, 1.54) is 0 Å². The van der Waals surface area contributed by atoms with Crippen LogP contribution in [0.4, 0.5) is 0 Å². The van der Waals surface area contributed by atoms with Gasteiger partial charge in [-0.05, 0) is 0 Å². The molecule has 0 saturated carbocycles. The van der Waals surface area contributed by atoms with Crippen molar-refractivity contribution in [2.75, 3.05) is 0 Å². The van der Waals surface area contributed by atoms with E-state index in [4.69, 9.17) is 36.7 Å². The smallest absolute Gasteiger partial charge is 0 e. The van der Waals surface area contributed by atoms with Crippen LogP contribution in [0.5, 0.6) is 0 Å². The first-order valence-corrected chi connectivity index (χ1v) is 4.78. The summed E-state index contributed by atoms with van der Waals surface area (Å²) in [6.45, 7) is 0. The Morgan fingerprint density at radius 3 is 0.882 bits per heavy atom. The second kappa shape index (κ2) is 28.2. The first-order chi connectivity index (χ1) is 4.00. The Bertz CT molecular complexity index is 171. The van der Waals surface area contributed by atoms with Crippen molar-refractivity contribution < 1.29 is 67.1 Å². The summed E-state index contributed by atoms with van der Waals surface area (Å²) in [5.41, 5.74) is 0. The maximum absolute atomic E-state index is 8.74. The largest absolute Gasteiger partial charge is 0 e. The molecule has 0 heterocycles. The minimum atomic E-state index is -4.67. The van der Waals surface area contributed by atoms with Gasteiger partial charge in [0.25, 0.3) is 0 Å². The molecule has 98 valence electrons. The summed E-state index contributed by atoms with van der Waals surface area (Å²) in [7, 11) is -9.28. The molecule has 0 aromatic heterocycles. The molecular formula is H18AlCaMgNaO10SSiZn. The van der Waals surface area contributed by atoms with Crippen molar-refractivity contribution >= 4 is 127 Å². The number of hydrogen-bond acceptors (Lipinski definition) is 6. The predicted molar refractivity (Wildman–Crippen MR) is 70.2 cm³/mol. The third-order valence-corrected chi connectivity index (χ3v) is 0. The molecule has 0 atom stereocenters. The fourth-order valence-corrected chi connectivity index (χ4v) is 0. The van der Waals surface area contributed by atoms with Crippen molar-refractivity contribution in [1.29, 1.82) is 0 Å². The molecule has 0 fully saturated rings. The zero-order valence-electron chi connectivity index (χ0n) is 6.12. The predicted octanol–water partition coefficient (Wildman–Crippen LogP) is -8.58. The summed E-state index contributed by atoms with van der Waals surface area (Å²) >= 11 is 0. The van der Waals surface area contributed by atoms with Gasteiger partial charge in [-0.2, -0.15) is 8.42 Å². The van der Waals surface area contributed by atoms with Gasteiger partial charge in [-0.1, -0.05) is 0 Å². The monoisotopic (exact) mass is 416 g/mol. The fourth-order valence-electron chi connectivity index (χ4n) is 0. The summed E-state index contributed by atoms with van der Waals surface area (Å²) in [6.07, 6.45) is 0. The van der Waals surface area contributed by atoms with Gasteiger partial charge in [-0.15, -0.1) is 0 Å². The van der Waals surface area contributed by atoms with Crippen molar-refractivity contribution in [3.63, 3.8) is 0 Å². The van der Waals surface area contributed by atoms with Gasteiger partial charge >= 0.3 is 110 Å². The van der Waals surface area contributed by atoms with Gasteiger partial charge in [0.1, 0.15) is 0 Å². The summed E-state index contributed by atoms with van der Waals surface area (Å²) in [4.78, 5) is 29.3. The van der Waals surface area contributed by atoms with Crippen LogP contribution in [0.2, 0.25) is 0 Å². The van der Waals surface area contributed by atoms with Crippen molar-refractivity contribution in [2.24, 2.45) is 0 Å². The Morgan fingerprint density at radius 1 is 0.882 bits per heavy atom. The second-order valence-corrected chi connectivity index (χ2v) is 3.14. The Kier molecular flexibility index (Phi) is 96.8. The number of hydrogen-bond donors (Lipinski definition) is 6. The van der Waals surface area contributed by atoms with E-state index in [0.717, 1.165) is 0 Å². The molecule has 0 aliphatic carbocycles. The third kappa shape index (κ3) is 401. The van der Waals surface area contributed by atoms with Gasteiger partial charge in [0.15, 0.2) is 17.4 Å². The van der Waals surface area contributed by atoms with E-state index in [-0.39, 0.29) is 138 Å². The molecule has 0 aromatic rings. The van der Waals surface area contributed by atoms with Crippen LogP contribution in [-0.2, 0) is 29.9 Å². The summed E-state index contributed by atoms with van der Waals surface area (Å²) in [5.74, 6) is 0. The Labute approximate surface area is 191 Å². The van der Waals surface area contributed by atoms with Gasteiger partial charge < -0.3 is 30.1 Å². The molecular weight excluding hydrogens is 400 g/mol. The zero-order valence-corrected chi connectivity index (χ0v) is 10.9. The molecule has 0 rings (SSSR count). The Morgan fingerprint density at radius 2 is 0.882 bits per heavy atom. The molecule has 0 amide bonds. The third-order valence-electron chi connectivity index (χ3n) is 0. The van der Waals surface area contributed by atoms with E-state index in [0.29, 0.717) is 0 Å². The van der Waals surface area contributed by atoms with E-state index in [1.54, 1.807) is 0 Å². The first kappa shape index (κ1) is 58.3. The summed E-state index contributed by atoms with van der Waals surface area (Å²) < 4.78 is 31.6. The Hall–Kier alpha value is 4.03. The van der Waals surface area contributed by atoms with Crippen LogP contribution in [0.1, 0.15) is 0 Å². The van der Waals surface area contributed by atoms with Crippen molar-refractivity contribution in [3.8, 4) is 0 Å². The van der Waals surface area contributed by atoms with E-state index in [2.05, 4.69) is 0 Å². The van der Waals surface area contributed by atoms with Crippen molar-refractivity contribution in [1.82, 2.24) is 0 Å². The van der Waals surface area contributed by atoms with Crippen LogP contribution < -0.4 is 0 Å². The quantitative estimate of drug-likeness (QED) is 0.163. The molecule has 0 saturated heterocycles. The second-order valence-electron chi connectivity index (χ2n) is 1.05. The van der Waals surface area contributed by atoms with Crippen LogP contribution in [0, 0.1) is 0 Å². The van der Waals surface area contributed by atoms with Crippen molar-refractivity contribution in [3.05, 3.63) is 0 Å². The fraction of sp³-hybridized carbons (Fsp3) is 0. The molecule has 17 heavy (non-hydrogen) atoms. The van der Waals surface area contributed by atoms with Crippen LogP contribution in [0.25, 0.3) is 0 Å².